The smallest absolute Gasteiger partial charge is 0.0921 e. The van der Waals surface area contributed by atoms with Gasteiger partial charge in [0, 0.05) is 24.5 Å². The minimum absolute atomic E-state index is 0. The molecule has 5 heteroatoms. The molecule has 0 spiro atoms. The van der Waals surface area contributed by atoms with E-state index in [1.54, 1.807) is 0 Å². The third-order valence-corrected chi connectivity index (χ3v) is 3.01. The molecule has 1 atom stereocenters. The molecule has 1 aromatic heterocycles. The molecule has 1 heterocycles. The Morgan fingerprint density at radius 3 is 2.68 bits per heavy atom. The lowest BCUT2D eigenvalue weighted by atomic mass is 10.0. The van der Waals surface area contributed by atoms with Crippen molar-refractivity contribution in [3.63, 3.8) is 0 Å². The van der Waals surface area contributed by atoms with Gasteiger partial charge < -0.3 is 10.4 Å². The van der Waals surface area contributed by atoms with Gasteiger partial charge in [-0.2, -0.15) is 18.6 Å². The fraction of sp³-hybridized carbons (Fsp3) is 0.500. The standard InChI is InChI=1S/C14H21N3O.H2S/c1-14(2,3)15-9-13(18)10-6-5-7-12-11(10)8-16-17(12)4;/h5-8,13,15,18H,9H2,1-4H3;1H2/t13-;/m1./s1. The first-order chi connectivity index (χ1) is 8.38. The summed E-state index contributed by atoms with van der Waals surface area (Å²) in [5.74, 6) is 0. The summed E-state index contributed by atoms with van der Waals surface area (Å²) >= 11 is 0. The molecular weight excluding hydrogens is 258 g/mol. The molecule has 4 nitrogen and oxygen atoms in total. The average Bonchev–Trinajstić information content (AvgIpc) is 2.67. The van der Waals surface area contributed by atoms with Gasteiger partial charge in [0.25, 0.3) is 0 Å². The Hall–Kier alpha value is -1.04. The van der Waals surface area contributed by atoms with Crippen LogP contribution in [0, 0.1) is 0 Å². The predicted molar refractivity (Wildman–Crippen MR) is 83.8 cm³/mol. The van der Waals surface area contributed by atoms with Crippen molar-refractivity contribution in [2.75, 3.05) is 6.54 Å². The molecule has 1 aromatic carbocycles. The number of nitrogens with zero attached hydrogens (tertiary/aromatic N) is 2. The van der Waals surface area contributed by atoms with Crippen molar-refractivity contribution in [3.05, 3.63) is 30.0 Å². The lowest BCUT2D eigenvalue weighted by Crippen LogP contribution is -2.38. The van der Waals surface area contributed by atoms with Crippen molar-refractivity contribution in [3.8, 4) is 0 Å². The first kappa shape index (κ1) is 16.0. The summed E-state index contributed by atoms with van der Waals surface area (Å²) in [5, 5.41) is 18.9. The lowest BCUT2D eigenvalue weighted by Gasteiger charge is -2.23. The Kier molecular flexibility index (Phi) is 5.01. The van der Waals surface area contributed by atoms with E-state index in [2.05, 4.69) is 31.2 Å². The second-order valence-electron chi connectivity index (χ2n) is 5.69. The summed E-state index contributed by atoms with van der Waals surface area (Å²) in [6.07, 6.45) is 1.29. The minimum Gasteiger partial charge on any atom is -0.387 e. The summed E-state index contributed by atoms with van der Waals surface area (Å²) in [6.45, 7) is 6.80. The van der Waals surface area contributed by atoms with Gasteiger partial charge in [0.15, 0.2) is 0 Å². The van der Waals surface area contributed by atoms with Gasteiger partial charge in [-0.3, -0.25) is 4.68 Å². The zero-order valence-corrected chi connectivity index (χ0v) is 12.9. The second-order valence-corrected chi connectivity index (χ2v) is 5.69. The van der Waals surface area contributed by atoms with E-state index in [9.17, 15) is 5.11 Å². The van der Waals surface area contributed by atoms with Crippen molar-refractivity contribution < 1.29 is 5.11 Å². The van der Waals surface area contributed by atoms with Crippen LogP contribution in [-0.2, 0) is 7.05 Å². The Morgan fingerprint density at radius 2 is 2.05 bits per heavy atom. The van der Waals surface area contributed by atoms with Gasteiger partial charge in [0.05, 0.1) is 17.8 Å². The molecule has 19 heavy (non-hydrogen) atoms. The van der Waals surface area contributed by atoms with Crippen molar-refractivity contribution in [1.29, 1.82) is 0 Å². The van der Waals surface area contributed by atoms with E-state index in [4.69, 9.17) is 0 Å². The molecule has 0 saturated heterocycles. The van der Waals surface area contributed by atoms with Crippen LogP contribution in [-0.4, -0.2) is 27.0 Å². The van der Waals surface area contributed by atoms with Crippen LogP contribution >= 0.6 is 13.5 Å². The zero-order valence-electron chi connectivity index (χ0n) is 11.9. The highest BCUT2D eigenvalue weighted by molar-refractivity contribution is 7.59. The fourth-order valence-electron chi connectivity index (χ4n) is 2.00. The Morgan fingerprint density at radius 1 is 1.37 bits per heavy atom. The van der Waals surface area contributed by atoms with Crippen LogP contribution in [0.4, 0.5) is 0 Å². The van der Waals surface area contributed by atoms with E-state index in [-0.39, 0.29) is 19.0 Å². The summed E-state index contributed by atoms with van der Waals surface area (Å²) in [5.41, 5.74) is 1.98. The van der Waals surface area contributed by atoms with Gasteiger partial charge in [-0.05, 0) is 32.4 Å². The quantitative estimate of drug-likeness (QED) is 0.906. The largest absolute Gasteiger partial charge is 0.387 e. The molecule has 0 aliphatic rings. The van der Waals surface area contributed by atoms with Crippen molar-refractivity contribution >= 4 is 24.4 Å². The molecule has 0 aliphatic heterocycles. The van der Waals surface area contributed by atoms with Crippen molar-refractivity contribution in [2.45, 2.75) is 32.4 Å². The maximum absolute atomic E-state index is 10.3. The lowest BCUT2D eigenvalue weighted by molar-refractivity contribution is 0.164. The zero-order chi connectivity index (χ0) is 13.3. The number of hydrogen-bond acceptors (Lipinski definition) is 3. The summed E-state index contributed by atoms with van der Waals surface area (Å²) in [4.78, 5) is 0. The van der Waals surface area contributed by atoms with Gasteiger partial charge in [-0.1, -0.05) is 12.1 Å². The molecule has 2 aromatic rings. The van der Waals surface area contributed by atoms with E-state index in [0.29, 0.717) is 6.54 Å². The molecule has 0 amide bonds. The Bertz CT molecular complexity index is 545. The number of β-amino-alcohol motifs (C(OH)–C–C–N with tert-alkyl or cyclic N) is 1. The first-order valence-corrected chi connectivity index (χ1v) is 6.22. The molecule has 0 aliphatic carbocycles. The Labute approximate surface area is 121 Å². The number of aliphatic hydroxyl groups is 1. The van der Waals surface area contributed by atoms with E-state index >= 15 is 0 Å². The highest BCUT2D eigenvalue weighted by Gasteiger charge is 2.16. The van der Waals surface area contributed by atoms with Gasteiger partial charge in [0.1, 0.15) is 0 Å². The highest BCUT2D eigenvalue weighted by atomic mass is 32.1. The minimum atomic E-state index is -0.517. The number of nitrogens with one attached hydrogen (secondary N) is 1. The molecule has 0 unspecified atom stereocenters. The van der Waals surface area contributed by atoms with Gasteiger partial charge in [-0.15, -0.1) is 0 Å². The maximum Gasteiger partial charge on any atom is 0.0921 e. The molecule has 2 N–H and O–H groups in total. The predicted octanol–water partition coefficient (Wildman–Crippen LogP) is 2.11. The number of aliphatic hydroxyl groups excluding tert-OH is 1. The number of aromatic nitrogens is 2. The number of hydrogen-bond donors (Lipinski definition) is 2. The topological polar surface area (TPSA) is 50.1 Å². The first-order valence-electron chi connectivity index (χ1n) is 6.22. The van der Waals surface area contributed by atoms with E-state index in [1.807, 2.05) is 36.1 Å². The fourth-order valence-corrected chi connectivity index (χ4v) is 2.00. The molecule has 2 rings (SSSR count). The van der Waals surface area contributed by atoms with Crippen LogP contribution in [0.25, 0.3) is 10.9 Å². The highest BCUT2D eigenvalue weighted by Crippen LogP contribution is 2.23. The number of benzene rings is 1. The summed E-state index contributed by atoms with van der Waals surface area (Å²) < 4.78 is 1.82. The van der Waals surface area contributed by atoms with Crippen molar-refractivity contribution in [1.82, 2.24) is 15.1 Å². The molecule has 0 fully saturated rings. The summed E-state index contributed by atoms with van der Waals surface area (Å²) in [7, 11) is 1.91. The van der Waals surface area contributed by atoms with E-state index in [0.717, 1.165) is 16.5 Å². The maximum atomic E-state index is 10.3. The molecule has 0 saturated carbocycles. The van der Waals surface area contributed by atoms with E-state index < -0.39 is 6.10 Å². The van der Waals surface area contributed by atoms with Gasteiger partial charge in [0.2, 0.25) is 0 Å². The third-order valence-electron chi connectivity index (χ3n) is 3.01. The van der Waals surface area contributed by atoms with Gasteiger partial charge in [-0.25, -0.2) is 0 Å². The average molecular weight is 281 g/mol. The summed E-state index contributed by atoms with van der Waals surface area (Å²) in [6, 6.07) is 5.93. The van der Waals surface area contributed by atoms with Crippen LogP contribution in [0.3, 0.4) is 0 Å². The van der Waals surface area contributed by atoms with Crippen LogP contribution in [0.15, 0.2) is 24.4 Å². The number of fused-ring (bicyclic) bond motifs is 1. The van der Waals surface area contributed by atoms with Crippen molar-refractivity contribution in [2.24, 2.45) is 7.05 Å². The second kappa shape index (κ2) is 5.94. The molecule has 0 bridgehead atoms. The molecule has 0 radical (unpaired) electrons. The van der Waals surface area contributed by atoms with E-state index in [1.165, 1.54) is 0 Å². The normalized spacial score (nSPS) is 13.3. The third kappa shape index (κ3) is 3.72. The van der Waals surface area contributed by atoms with Crippen LogP contribution in [0.1, 0.15) is 32.4 Å². The van der Waals surface area contributed by atoms with Gasteiger partial charge >= 0.3 is 0 Å². The Balaban J connectivity index is 0.00000180. The number of aryl methyl sites for hydroxylation is 1. The van der Waals surface area contributed by atoms with Crippen LogP contribution in [0.5, 0.6) is 0 Å². The molecular formula is C14H23N3OS. The van der Waals surface area contributed by atoms with Crippen LogP contribution in [0.2, 0.25) is 0 Å². The monoisotopic (exact) mass is 281 g/mol. The SMILES string of the molecule is Cn1ncc2c([C@H](O)CNC(C)(C)C)cccc21.S. The molecule has 106 valence electrons. The van der Waals surface area contributed by atoms with Crippen LogP contribution < -0.4 is 5.32 Å². The number of rotatable bonds is 3.